The van der Waals surface area contributed by atoms with Crippen LogP contribution >= 0.6 is 0 Å². The maximum absolute atomic E-state index is 11.9. The smallest absolute Gasteiger partial charge is 0.323 e. The fourth-order valence-electron chi connectivity index (χ4n) is 2.07. The number of piperazine rings is 1. The standard InChI is InChI=1S/C13H14N2O5/c1-20-10-5-3-2-4-9(10)14-6-11(16)15(8-13(18)19)12(17)7-14/h2-5H,6-8H2,1H3,(H,18,19). The van der Waals surface area contributed by atoms with Crippen molar-refractivity contribution >= 4 is 23.5 Å². The van der Waals surface area contributed by atoms with Gasteiger partial charge in [-0.15, -0.1) is 0 Å². The second-order valence-electron chi connectivity index (χ2n) is 4.30. The van der Waals surface area contributed by atoms with Gasteiger partial charge in [0.25, 0.3) is 0 Å². The summed E-state index contributed by atoms with van der Waals surface area (Å²) in [4.78, 5) is 36.7. The van der Waals surface area contributed by atoms with Crippen LogP contribution in [0.1, 0.15) is 0 Å². The van der Waals surface area contributed by atoms with E-state index >= 15 is 0 Å². The van der Waals surface area contributed by atoms with Crippen molar-refractivity contribution in [3.05, 3.63) is 24.3 Å². The van der Waals surface area contributed by atoms with Crippen molar-refractivity contribution in [3.63, 3.8) is 0 Å². The molecule has 1 aromatic carbocycles. The molecular weight excluding hydrogens is 264 g/mol. The minimum absolute atomic E-state index is 0.0562. The van der Waals surface area contributed by atoms with Crippen LogP contribution in [0, 0.1) is 0 Å². The summed E-state index contributed by atoms with van der Waals surface area (Å²) in [6.45, 7) is -0.712. The zero-order chi connectivity index (χ0) is 14.7. The molecule has 106 valence electrons. The fourth-order valence-corrected chi connectivity index (χ4v) is 2.07. The first-order chi connectivity index (χ1) is 9.52. The maximum atomic E-state index is 11.9. The molecule has 1 aliphatic rings. The van der Waals surface area contributed by atoms with Gasteiger partial charge in [0.05, 0.1) is 25.9 Å². The molecule has 0 aromatic heterocycles. The Morgan fingerprint density at radius 3 is 2.40 bits per heavy atom. The number of rotatable bonds is 4. The van der Waals surface area contributed by atoms with E-state index in [1.807, 2.05) is 0 Å². The van der Waals surface area contributed by atoms with Gasteiger partial charge in [-0.2, -0.15) is 0 Å². The molecule has 0 bridgehead atoms. The number of hydrogen-bond donors (Lipinski definition) is 1. The summed E-state index contributed by atoms with van der Waals surface area (Å²) in [5, 5.41) is 8.69. The van der Waals surface area contributed by atoms with Gasteiger partial charge >= 0.3 is 5.97 Å². The molecule has 1 heterocycles. The van der Waals surface area contributed by atoms with Gasteiger partial charge in [-0.1, -0.05) is 12.1 Å². The van der Waals surface area contributed by atoms with Gasteiger partial charge in [0.1, 0.15) is 12.3 Å². The molecule has 2 amide bonds. The second kappa shape index (κ2) is 5.60. The zero-order valence-electron chi connectivity index (χ0n) is 10.9. The Kier molecular flexibility index (Phi) is 3.88. The van der Waals surface area contributed by atoms with Crippen LogP contribution in [0.25, 0.3) is 0 Å². The molecule has 1 aromatic rings. The molecular formula is C13H14N2O5. The predicted octanol–water partition coefficient (Wildman–Crippen LogP) is -0.0450. The van der Waals surface area contributed by atoms with E-state index in [-0.39, 0.29) is 13.1 Å². The summed E-state index contributed by atoms with van der Waals surface area (Å²) in [6.07, 6.45) is 0. The lowest BCUT2D eigenvalue weighted by Crippen LogP contribution is -2.55. The number of aliphatic carboxylic acids is 1. The summed E-state index contributed by atoms with van der Waals surface area (Å²) < 4.78 is 5.19. The number of ether oxygens (including phenoxy) is 1. The Hall–Kier alpha value is -2.57. The average molecular weight is 278 g/mol. The number of imide groups is 1. The van der Waals surface area contributed by atoms with Gasteiger partial charge in [-0.25, -0.2) is 0 Å². The molecule has 7 heteroatoms. The van der Waals surface area contributed by atoms with Crippen molar-refractivity contribution in [3.8, 4) is 5.75 Å². The van der Waals surface area contributed by atoms with E-state index in [9.17, 15) is 14.4 Å². The number of amides is 2. The SMILES string of the molecule is COc1ccccc1N1CC(=O)N(CC(=O)O)C(=O)C1. The van der Waals surface area contributed by atoms with Crippen LogP contribution in [0.5, 0.6) is 5.75 Å². The number of anilines is 1. The second-order valence-corrected chi connectivity index (χ2v) is 4.30. The molecule has 1 saturated heterocycles. The third-order valence-corrected chi connectivity index (χ3v) is 2.97. The molecule has 1 N–H and O–H groups in total. The first kappa shape index (κ1) is 13.9. The number of hydrogen-bond acceptors (Lipinski definition) is 5. The van der Waals surface area contributed by atoms with Gasteiger partial charge < -0.3 is 14.7 Å². The first-order valence-corrected chi connectivity index (χ1v) is 5.96. The molecule has 0 saturated carbocycles. The van der Waals surface area contributed by atoms with Crippen molar-refractivity contribution in [1.29, 1.82) is 0 Å². The monoisotopic (exact) mass is 278 g/mol. The predicted molar refractivity (Wildman–Crippen MR) is 69.6 cm³/mol. The maximum Gasteiger partial charge on any atom is 0.323 e. The van der Waals surface area contributed by atoms with Gasteiger partial charge in [0, 0.05) is 0 Å². The van der Waals surface area contributed by atoms with Crippen molar-refractivity contribution in [2.24, 2.45) is 0 Å². The highest BCUT2D eigenvalue weighted by Gasteiger charge is 2.33. The lowest BCUT2D eigenvalue weighted by atomic mass is 10.2. The number of benzene rings is 1. The van der Waals surface area contributed by atoms with Crippen LogP contribution in [0.3, 0.4) is 0 Å². The molecule has 0 atom stereocenters. The fraction of sp³-hybridized carbons (Fsp3) is 0.308. The number of carboxylic acids is 1. The van der Waals surface area contributed by atoms with Gasteiger partial charge in [0.2, 0.25) is 11.8 Å². The van der Waals surface area contributed by atoms with E-state index in [1.165, 1.54) is 7.11 Å². The van der Waals surface area contributed by atoms with Crippen molar-refractivity contribution < 1.29 is 24.2 Å². The number of carbonyl (C=O) groups excluding carboxylic acids is 2. The number of para-hydroxylation sites is 2. The topological polar surface area (TPSA) is 87.2 Å². The van der Waals surface area contributed by atoms with Crippen molar-refractivity contribution in [2.75, 3.05) is 31.6 Å². The summed E-state index contributed by atoms with van der Waals surface area (Å²) in [5.74, 6) is -1.72. The highest BCUT2D eigenvalue weighted by molar-refractivity contribution is 6.04. The zero-order valence-corrected chi connectivity index (χ0v) is 10.9. The highest BCUT2D eigenvalue weighted by atomic mass is 16.5. The van der Waals surface area contributed by atoms with Crippen LogP contribution in [0.2, 0.25) is 0 Å². The summed E-state index contributed by atoms with van der Waals surface area (Å²) in [7, 11) is 1.50. The first-order valence-electron chi connectivity index (χ1n) is 5.96. The third kappa shape index (κ3) is 2.71. The minimum Gasteiger partial charge on any atom is -0.495 e. The largest absolute Gasteiger partial charge is 0.495 e. The van der Waals surface area contributed by atoms with Crippen LogP contribution in [-0.2, 0) is 14.4 Å². The lowest BCUT2D eigenvalue weighted by Gasteiger charge is -2.33. The quantitative estimate of drug-likeness (QED) is 0.777. The molecule has 0 unspecified atom stereocenters. The van der Waals surface area contributed by atoms with Gasteiger partial charge in [-0.05, 0) is 12.1 Å². The highest BCUT2D eigenvalue weighted by Crippen LogP contribution is 2.28. The third-order valence-electron chi connectivity index (χ3n) is 2.97. The average Bonchev–Trinajstić information content (AvgIpc) is 2.42. The van der Waals surface area contributed by atoms with E-state index in [0.29, 0.717) is 11.4 Å². The lowest BCUT2D eigenvalue weighted by molar-refractivity contribution is -0.153. The van der Waals surface area contributed by atoms with Crippen LogP contribution in [0.15, 0.2) is 24.3 Å². The molecule has 7 nitrogen and oxygen atoms in total. The van der Waals surface area contributed by atoms with Gasteiger partial charge in [0.15, 0.2) is 0 Å². The Labute approximate surface area is 115 Å². The van der Waals surface area contributed by atoms with Gasteiger partial charge in [-0.3, -0.25) is 19.3 Å². The van der Waals surface area contributed by atoms with Crippen LogP contribution in [-0.4, -0.2) is 54.5 Å². The molecule has 1 aliphatic heterocycles. The molecule has 1 fully saturated rings. The van der Waals surface area contributed by atoms with E-state index in [1.54, 1.807) is 29.2 Å². The molecule has 0 spiro atoms. The van der Waals surface area contributed by atoms with Crippen molar-refractivity contribution in [1.82, 2.24) is 4.90 Å². The molecule has 2 rings (SSSR count). The van der Waals surface area contributed by atoms with Crippen LogP contribution < -0.4 is 9.64 Å². The summed E-state index contributed by atoms with van der Waals surface area (Å²) in [5.41, 5.74) is 0.631. The summed E-state index contributed by atoms with van der Waals surface area (Å²) >= 11 is 0. The molecule has 0 aliphatic carbocycles. The minimum atomic E-state index is -1.21. The number of methoxy groups -OCH3 is 1. The summed E-state index contributed by atoms with van der Waals surface area (Å²) in [6, 6.07) is 7.03. The number of nitrogens with zero attached hydrogens (tertiary/aromatic N) is 2. The number of carbonyl (C=O) groups is 3. The Morgan fingerprint density at radius 1 is 1.25 bits per heavy atom. The molecule has 20 heavy (non-hydrogen) atoms. The van der Waals surface area contributed by atoms with E-state index in [2.05, 4.69) is 0 Å². The van der Waals surface area contributed by atoms with E-state index in [4.69, 9.17) is 9.84 Å². The van der Waals surface area contributed by atoms with E-state index < -0.39 is 24.3 Å². The Bertz CT molecular complexity index is 539. The number of carboxylic acid groups (broad SMARTS) is 1. The Balaban J connectivity index is 2.20. The molecule has 0 radical (unpaired) electrons. The van der Waals surface area contributed by atoms with E-state index in [0.717, 1.165) is 4.90 Å². The Morgan fingerprint density at radius 2 is 1.85 bits per heavy atom. The normalized spacial score (nSPS) is 15.4. The van der Waals surface area contributed by atoms with Crippen LogP contribution in [0.4, 0.5) is 5.69 Å². The van der Waals surface area contributed by atoms with Crippen molar-refractivity contribution in [2.45, 2.75) is 0 Å².